The molecule has 0 atom stereocenters. The lowest BCUT2D eigenvalue weighted by molar-refractivity contribution is 1.65. The van der Waals surface area contributed by atoms with E-state index in [-0.39, 0.29) is 5.11 Å². The number of nitrogens with two attached hydrogens (primary N) is 2. The molecule has 48 valence electrons. The van der Waals surface area contributed by atoms with Gasteiger partial charge in [0, 0.05) is 0 Å². The number of hydrogen-bond acceptors (Lipinski definition) is 1. The Kier molecular flexibility index (Phi) is 68.7. The molecule has 0 aromatic carbocycles. The number of hydrogen-bond donors (Lipinski definition) is 2. The van der Waals surface area contributed by atoms with Crippen molar-refractivity contribution in [2.45, 2.75) is 0 Å². The van der Waals surface area contributed by atoms with Gasteiger partial charge in [-0.25, -0.2) is 0 Å². The summed E-state index contributed by atoms with van der Waals surface area (Å²) in [5, 5.41) is 0.000000000000000222. The zero-order valence-electron chi connectivity index (χ0n) is 4.89. The summed E-state index contributed by atoms with van der Waals surface area (Å²) < 4.78 is 0. The molecule has 8 heavy (non-hydrogen) atoms. The van der Waals surface area contributed by atoms with Crippen LogP contribution in [0.3, 0.4) is 0 Å². The molecule has 0 fully saturated rings. The van der Waals surface area contributed by atoms with Crippen LogP contribution in [-0.4, -0.2) is 5.11 Å². The second-order valence-corrected chi connectivity index (χ2v) is 0.874. The molecular formula is C5H12N2S. The first-order valence-electron chi connectivity index (χ1n) is 1.78. The standard InChI is InChI=1S/2C2H4.CH4N2S/c2*1-2;2-1(3)4/h2*1-2H2;(H4,2,3,4). The third kappa shape index (κ3) is 130. The van der Waals surface area contributed by atoms with E-state index in [9.17, 15) is 0 Å². The summed E-state index contributed by atoms with van der Waals surface area (Å²) in [7, 11) is 0. The van der Waals surface area contributed by atoms with E-state index < -0.39 is 0 Å². The Labute approximate surface area is 55.9 Å². The van der Waals surface area contributed by atoms with Crippen molar-refractivity contribution in [1.29, 1.82) is 0 Å². The minimum Gasteiger partial charge on any atom is -0.377 e. The van der Waals surface area contributed by atoms with Gasteiger partial charge in [0.05, 0.1) is 0 Å². The second kappa shape index (κ2) is 35.0. The first-order chi connectivity index (χ1) is 3.73. The number of thiocarbonyl (C=S) groups is 1. The summed E-state index contributed by atoms with van der Waals surface area (Å²) in [4.78, 5) is 0. The van der Waals surface area contributed by atoms with Crippen LogP contribution in [0.2, 0.25) is 0 Å². The van der Waals surface area contributed by atoms with Gasteiger partial charge in [0.25, 0.3) is 0 Å². The van der Waals surface area contributed by atoms with Crippen LogP contribution in [0.5, 0.6) is 0 Å². The van der Waals surface area contributed by atoms with Crippen LogP contribution in [0, 0.1) is 0 Å². The van der Waals surface area contributed by atoms with E-state index in [4.69, 9.17) is 0 Å². The van der Waals surface area contributed by atoms with Gasteiger partial charge in [0.1, 0.15) is 0 Å². The Hall–Kier alpha value is -0.830. The lowest BCUT2D eigenvalue weighted by atomic mass is 11.3. The van der Waals surface area contributed by atoms with Crippen LogP contribution in [-0.2, 0) is 0 Å². The molecule has 0 rings (SSSR count). The highest BCUT2D eigenvalue weighted by Crippen LogP contribution is 1.32. The molecule has 2 nitrogen and oxygen atoms in total. The molecule has 0 aromatic heterocycles. The van der Waals surface area contributed by atoms with Crippen LogP contribution >= 0.6 is 12.2 Å². The summed E-state index contributed by atoms with van der Waals surface area (Å²) in [5.74, 6) is 0. The molecule has 3 heteroatoms. The highest BCUT2D eigenvalue weighted by Gasteiger charge is 1.53. The molecule has 0 spiro atoms. The zero-order chi connectivity index (χ0) is 7.58. The third-order valence-electron chi connectivity index (χ3n) is 0. The summed E-state index contributed by atoms with van der Waals surface area (Å²) in [6.07, 6.45) is 0. The van der Waals surface area contributed by atoms with Crippen LogP contribution in [0.1, 0.15) is 0 Å². The summed E-state index contributed by atoms with van der Waals surface area (Å²) in [6.45, 7) is 12.0. The van der Waals surface area contributed by atoms with E-state index in [2.05, 4.69) is 50.0 Å². The highest BCUT2D eigenvalue weighted by molar-refractivity contribution is 7.80. The molecule has 0 aliphatic heterocycles. The average Bonchev–Trinajstić information content (AvgIpc) is 1.75. The largest absolute Gasteiger partial charge is 0.377 e. The third-order valence-corrected chi connectivity index (χ3v) is 0. The quantitative estimate of drug-likeness (QED) is 0.378. The van der Waals surface area contributed by atoms with E-state index >= 15 is 0 Å². The SMILES string of the molecule is C=C.C=C.NC(N)=S. The van der Waals surface area contributed by atoms with Gasteiger partial charge in [-0.05, 0) is 12.2 Å². The van der Waals surface area contributed by atoms with Crippen molar-refractivity contribution in [1.82, 2.24) is 0 Å². The monoisotopic (exact) mass is 132 g/mol. The molecule has 0 radical (unpaired) electrons. The molecule has 0 bridgehead atoms. The Morgan fingerprint density at radius 3 is 1.00 bits per heavy atom. The molecule has 0 saturated heterocycles. The van der Waals surface area contributed by atoms with Gasteiger partial charge in [-0.1, -0.05) is 0 Å². The molecule has 4 N–H and O–H groups in total. The fourth-order valence-electron chi connectivity index (χ4n) is 0. The van der Waals surface area contributed by atoms with Gasteiger partial charge in [-0.2, -0.15) is 0 Å². The normalized spacial score (nSPS) is 4.00. The molecular weight excluding hydrogens is 120 g/mol. The fraction of sp³-hybridized carbons (Fsp3) is 0. The zero-order valence-corrected chi connectivity index (χ0v) is 5.71. The van der Waals surface area contributed by atoms with Crippen molar-refractivity contribution < 1.29 is 0 Å². The van der Waals surface area contributed by atoms with Crippen molar-refractivity contribution in [3.63, 3.8) is 0 Å². The Balaban J connectivity index is -0.0000000542. The summed E-state index contributed by atoms with van der Waals surface area (Å²) in [5.41, 5.74) is 9.24. The van der Waals surface area contributed by atoms with Crippen LogP contribution in [0.4, 0.5) is 0 Å². The van der Waals surface area contributed by atoms with Gasteiger partial charge < -0.3 is 11.5 Å². The molecule has 0 aliphatic carbocycles. The van der Waals surface area contributed by atoms with E-state index in [1.807, 2.05) is 0 Å². The van der Waals surface area contributed by atoms with Crippen molar-refractivity contribution in [2.24, 2.45) is 11.5 Å². The maximum atomic E-state index is 4.62. The minimum absolute atomic E-state index is 0.000000000000000222. The molecule has 0 saturated carbocycles. The smallest absolute Gasteiger partial charge is 0.160 e. The van der Waals surface area contributed by atoms with Gasteiger partial charge in [-0.3, -0.25) is 0 Å². The molecule has 0 aliphatic rings. The van der Waals surface area contributed by atoms with E-state index in [0.717, 1.165) is 0 Å². The summed E-state index contributed by atoms with van der Waals surface area (Å²) in [6, 6.07) is 0. The maximum Gasteiger partial charge on any atom is 0.160 e. The molecule has 0 heterocycles. The van der Waals surface area contributed by atoms with Gasteiger partial charge in [-0.15, -0.1) is 26.3 Å². The Bertz CT molecular complexity index is 48.4. The predicted octanol–water partition coefficient (Wildman–Crippen LogP) is 0.793. The lowest BCUT2D eigenvalue weighted by Crippen LogP contribution is -2.18. The van der Waals surface area contributed by atoms with Crippen molar-refractivity contribution in [2.75, 3.05) is 0 Å². The Morgan fingerprint density at radius 1 is 1.00 bits per heavy atom. The van der Waals surface area contributed by atoms with Crippen molar-refractivity contribution >= 4 is 17.3 Å². The van der Waals surface area contributed by atoms with Gasteiger partial charge >= 0.3 is 0 Å². The van der Waals surface area contributed by atoms with E-state index in [1.54, 1.807) is 0 Å². The molecule has 0 aromatic rings. The Morgan fingerprint density at radius 2 is 1.00 bits per heavy atom. The summed E-state index contributed by atoms with van der Waals surface area (Å²) >= 11 is 4.09. The van der Waals surface area contributed by atoms with Gasteiger partial charge in [0.2, 0.25) is 0 Å². The minimum atomic E-state index is 0.000000000000000222. The first kappa shape index (κ1) is 15.7. The fourth-order valence-corrected chi connectivity index (χ4v) is 0. The lowest BCUT2D eigenvalue weighted by Gasteiger charge is -1.68. The van der Waals surface area contributed by atoms with Crippen LogP contribution in [0.15, 0.2) is 26.3 Å². The molecule has 0 amide bonds. The predicted molar refractivity (Wildman–Crippen MR) is 43.5 cm³/mol. The van der Waals surface area contributed by atoms with Crippen LogP contribution < -0.4 is 11.5 Å². The van der Waals surface area contributed by atoms with E-state index in [0.29, 0.717) is 0 Å². The maximum absolute atomic E-state index is 4.62. The van der Waals surface area contributed by atoms with Crippen molar-refractivity contribution in [3.05, 3.63) is 26.3 Å². The average molecular weight is 132 g/mol. The topological polar surface area (TPSA) is 52.0 Å². The molecule has 0 unspecified atom stereocenters. The van der Waals surface area contributed by atoms with Crippen molar-refractivity contribution in [3.8, 4) is 0 Å². The van der Waals surface area contributed by atoms with E-state index in [1.165, 1.54) is 0 Å². The second-order valence-electron chi connectivity index (χ2n) is 0.402. The first-order valence-corrected chi connectivity index (χ1v) is 2.19. The van der Waals surface area contributed by atoms with Gasteiger partial charge in [0.15, 0.2) is 5.11 Å². The highest BCUT2D eigenvalue weighted by atomic mass is 32.1. The van der Waals surface area contributed by atoms with Crippen LogP contribution in [0.25, 0.3) is 0 Å². The number of rotatable bonds is 0.